The number of aromatic nitrogens is 4. The summed E-state index contributed by atoms with van der Waals surface area (Å²) in [7, 11) is 0. The fourth-order valence-corrected chi connectivity index (χ4v) is 6.04. The van der Waals surface area contributed by atoms with Crippen LogP contribution in [0.1, 0.15) is 5.69 Å². The lowest BCUT2D eigenvalue weighted by Crippen LogP contribution is -1.97. The van der Waals surface area contributed by atoms with Gasteiger partial charge in [0.1, 0.15) is 0 Å². The van der Waals surface area contributed by atoms with Gasteiger partial charge in [-0.1, -0.05) is 121 Å². The number of rotatable bonds is 7. The SMILES string of the molecule is Cc1ccc(-c2ccc(-c3cc(-c4ccc(-c5ccccn5)cc4)cc(-c4nc(-c5ccccc5)cc(-c5ccccc5)n4)c3)cc2)cn1. The van der Waals surface area contributed by atoms with Gasteiger partial charge in [0.15, 0.2) is 5.82 Å². The molecule has 4 nitrogen and oxygen atoms in total. The lowest BCUT2D eigenvalue weighted by Gasteiger charge is -2.13. The van der Waals surface area contributed by atoms with Crippen molar-refractivity contribution in [3.8, 4) is 78.5 Å². The van der Waals surface area contributed by atoms with E-state index in [1.165, 1.54) is 0 Å². The summed E-state index contributed by atoms with van der Waals surface area (Å²) in [6.45, 7) is 2.01. The molecule has 4 heteroatoms. The second kappa shape index (κ2) is 13.3. The van der Waals surface area contributed by atoms with Crippen molar-refractivity contribution in [1.82, 2.24) is 19.9 Å². The number of benzene rings is 5. The molecule has 0 saturated heterocycles. The Kier molecular flexibility index (Phi) is 8.11. The Morgan fingerprint density at radius 1 is 0.327 bits per heavy atom. The lowest BCUT2D eigenvalue weighted by atomic mass is 9.94. The zero-order valence-corrected chi connectivity index (χ0v) is 27.0. The minimum absolute atomic E-state index is 0.677. The molecule has 0 aliphatic carbocycles. The van der Waals surface area contributed by atoms with E-state index in [4.69, 9.17) is 9.97 Å². The van der Waals surface area contributed by atoms with Crippen molar-refractivity contribution in [1.29, 1.82) is 0 Å². The van der Waals surface area contributed by atoms with Crippen LogP contribution in [0, 0.1) is 6.92 Å². The van der Waals surface area contributed by atoms with Gasteiger partial charge in [-0.25, -0.2) is 9.97 Å². The summed E-state index contributed by atoms with van der Waals surface area (Å²) in [5.41, 5.74) is 14.5. The summed E-state index contributed by atoms with van der Waals surface area (Å²) in [5, 5.41) is 0. The summed E-state index contributed by atoms with van der Waals surface area (Å²) < 4.78 is 0. The fraction of sp³-hybridized carbons (Fsp3) is 0.0222. The van der Waals surface area contributed by atoms with Gasteiger partial charge >= 0.3 is 0 Å². The molecule has 0 radical (unpaired) electrons. The molecule has 0 saturated carbocycles. The molecule has 8 rings (SSSR count). The van der Waals surface area contributed by atoms with E-state index < -0.39 is 0 Å². The molecule has 0 N–H and O–H groups in total. The van der Waals surface area contributed by atoms with Gasteiger partial charge in [-0.15, -0.1) is 0 Å². The lowest BCUT2D eigenvalue weighted by molar-refractivity contribution is 1.18. The minimum atomic E-state index is 0.677. The van der Waals surface area contributed by atoms with Crippen molar-refractivity contribution in [2.45, 2.75) is 6.92 Å². The first-order chi connectivity index (χ1) is 24.2. The summed E-state index contributed by atoms with van der Waals surface area (Å²) in [4.78, 5) is 19.3. The monoisotopic (exact) mass is 628 g/mol. The predicted molar refractivity (Wildman–Crippen MR) is 200 cm³/mol. The fourth-order valence-electron chi connectivity index (χ4n) is 6.04. The molecule has 0 spiro atoms. The highest BCUT2D eigenvalue weighted by molar-refractivity contribution is 5.82. The molecule has 0 atom stereocenters. The van der Waals surface area contributed by atoms with Gasteiger partial charge in [0, 0.05) is 45.9 Å². The van der Waals surface area contributed by atoms with Crippen LogP contribution in [0.2, 0.25) is 0 Å². The summed E-state index contributed by atoms with van der Waals surface area (Å²) in [6, 6.07) is 56.8. The molecular weight excluding hydrogens is 597 g/mol. The zero-order chi connectivity index (χ0) is 33.0. The van der Waals surface area contributed by atoms with E-state index in [2.05, 4.69) is 113 Å². The first-order valence-electron chi connectivity index (χ1n) is 16.4. The number of hydrogen-bond acceptors (Lipinski definition) is 4. The Balaban J connectivity index is 1.27. The second-order valence-corrected chi connectivity index (χ2v) is 12.1. The Morgan fingerprint density at radius 3 is 1.31 bits per heavy atom. The maximum Gasteiger partial charge on any atom is 0.160 e. The minimum Gasteiger partial charge on any atom is -0.261 e. The van der Waals surface area contributed by atoms with Crippen LogP contribution in [-0.2, 0) is 0 Å². The highest BCUT2D eigenvalue weighted by Gasteiger charge is 2.14. The number of pyridine rings is 2. The van der Waals surface area contributed by atoms with Crippen LogP contribution >= 0.6 is 0 Å². The third-order valence-electron chi connectivity index (χ3n) is 8.70. The molecule has 3 heterocycles. The van der Waals surface area contributed by atoms with Gasteiger partial charge in [0.05, 0.1) is 17.1 Å². The van der Waals surface area contributed by atoms with E-state index in [0.717, 1.165) is 78.4 Å². The number of aryl methyl sites for hydroxylation is 1. The summed E-state index contributed by atoms with van der Waals surface area (Å²) in [6.07, 6.45) is 3.76. The number of nitrogens with zero attached hydrogens (tertiary/aromatic N) is 4. The van der Waals surface area contributed by atoms with Crippen molar-refractivity contribution in [2.75, 3.05) is 0 Å². The van der Waals surface area contributed by atoms with E-state index in [1.807, 2.05) is 80.0 Å². The molecule has 0 fully saturated rings. The van der Waals surface area contributed by atoms with Crippen molar-refractivity contribution >= 4 is 0 Å². The first kappa shape index (κ1) is 29.9. The summed E-state index contributed by atoms with van der Waals surface area (Å²) in [5.74, 6) is 0.677. The molecule has 0 unspecified atom stereocenters. The van der Waals surface area contributed by atoms with Gasteiger partial charge in [0.25, 0.3) is 0 Å². The van der Waals surface area contributed by atoms with Crippen molar-refractivity contribution in [3.05, 3.63) is 182 Å². The third-order valence-corrected chi connectivity index (χ3v) is 8.70. The average molecular weight is 629 g/mol. The van der Waals surface area contributed by atoms with Crippen LogP contribution in [0.25, 0.3) is 78.5 Å². The van der Waals surface area contributed by atoms with Gasteiger partial charge in [-0.2, -0.15) is 0 Å². The molecule has 5 aromatic carbocycles. The highest BCUT2D eigenvalue weighted by Crippen LogP contribution is 2.35. The largest absolute Gasteiger partial charge is 0.261 e. The standard InChI is InChI=1S/C45H32N4/c1-31-15-16-38(30-47-31)32-17-19-33(20-18-32)39-26-40(34-21-23-37(24-22-34)42-14-8-9-25-46-42)28-41(27-39)45-48-43(35-10-4-2-5-11-35)29-44(49-45)36-12-6-3-7-13-36/h2-30H,1H3. The van der Waals surface area contributed by atoms with Crippen LogP contribution in [0.5, 0.6) is 0 Å². The van der Waals surface area contributed by atoms with E-state index >= 15 is 0 Å². The van der Waals surface area contributed by atoms with Crippen LogP contribution in [0.15, 0.2) is 176 Å². The Bertz CT molecular complexity index is 2280. The van der Waals surface area contributed by atoms with E-state index in [-0.39, 0.29) is 0 Å². The van der Waals surface area contributed by atoms with Crippen LogP contribution in [-0.4, -0.2) is 19.9 Å². The second-order valence-electron chi connectivity index (χ2n) is 12.1. The smallest absolute Gasteiger partial charge is 0.160 e. The summed E-state index contributed by atoms with van der Waals surface area (Å²) >= 11 is 0. The molecule has 0 bridgehead atoms. The van der Waals surface area contributed by atoms with E-state index in [1.54, 1.807) is 0 Å². The highest BCUT2D eigenvalue weighted by atomic mass is 14.9. The molecule has 0 amide bonds. The third kappa shape index (κ3) is 6.53. The van der Waals surface area contributed by atoms with Crippen molar-refractivity contribution < 1.29 is 0 Å². The van der Waals surface area contributed by atoms with Crippen molar-refractivity contribution in [3.63, 3.8) is 0 Å². The maximum absolute atomic E-state index is 5.16. The Morgan fingerprint density at radius 2 is 0.796 bits per heavy atom. The molecule has 8 aromatic rings. The van der Waals surface area contributed by atoms with Crippen LogP contribution in [0.3, 0.4) is 0 Å². The zero-order valence-electron chi connectivity index (χ0n) is 27.0. The van der Waals surface area contributed by atoms with Crippen molar-refractivity contribution in [2.24, 2.45) is 0 Å². The van der Waals surface area contributed by atoms with Gasteiger partial charge in [0.2, 0.25) is 0 Å². The number of hydrogen-bond donors (Lipinski definition) is 0. The Labute approximate surface area is 286 Å². The topological polar surface area (TPSA) is 51.6 Å². The molecule has 3 aromatic heterocycles. The average Bonchev–Trinajstić information content (AvgIpc) is 3.19. The first-order valence-corrected chi connectivity index (χ1v) is 16.4. The predicted octanol–water partition coefficient (Wildman–Crippen LogP) is 11.2. The molecule has 49 heavy (non-hydrogen) atoms. The molecule has 0 aliphatic heterocycles. The van der Waals surface area contributed by atoms with Gasteiger partial charge in [-0.3, -0.25) is 9.97 Å². The van der Waals surface area contributed by atoms with Crippen LogP contribution < -0.4 is 0 Å². The Hall–Kier alpha value is -6.52. The van der Waals surface area contributed by atoms with Gasteiger partial charge in [-0.05, 0) is 77.2 Å². The molecule has 0 aliphatic rings. The van der Waals surface area contributed by atoms with Crippen LogP contribution in [0.4, 0.5) is 0 Å². The quantitative estimate of drug-likeness (QED) is 0.176. The molecule has 232 valence electrons. The van der Waals surface area contributed by atoms with E-state index in [9.17, 15) is 0 Å². The molecular formula is C45H32N4. The van der Waals surface area contributed by atoms with E-state index in [0.29, 0.717) is 5.82 Å². The normalized spacial score (nSPS) is 11.0. The maximum atomic E-state index is 5.16. The van der Waals surface area contributed by atoms with Gasteiger partial charge < -0.3 is 0 Å².